The van der Waals surface area contributed by atoms with Crippen molar-refractivity contribution >= 4 is 33.0 Å². The minimum Gasteiger partial charge on any atom is -0.350 e. The smallest absolute Gasteiger partial charge is 0.264 e. The van der Waals surface area contributed by atoms with Crippen LogP contribution in [0.4, 0.5) is 5.69 Å². The molecule has 8 heteroatoms. The van der Waals surface area contributed by atoms with Gasteiger partial charge in [-0.1, -0.05) is 18.2 Å². The summed E-state index contributed by atoms with van der Waals surface area (Å²) in [5.74, 6) is -0.235. The van der Waals surface area contributed by atoms with E-state index in [1.54, 1.807) is 54.7 Å². The lowest BCUT2D eigenvalue weighted by molar-refractivity contribution is 0.0942. The van der Waals surface area contributed by atoms with Crippen molar-refractivity contribution in [1.29, 1.82) is 0 Å². The van der Waals surface area contributed by atoms with Crippen LogP contribution in [0, 0.1) is 0 Å². The zero-order chi connectivity index (χ0) is 22.4. The predicted octanol–water partition coefficient (Wildman–Crippen LogP) is 4.00. The third kappa shape index (κ3) is 5.33. The van der Waals surface area contributed by atoms with E-state index in [1.165, 1.54) is 16.4 Å². The number of nitrogens with one attached hydrogen (secondary N) is 1. The van der Waals surface area contributed by atoms with Crippen LogP contribution in [-0.2, 0) is 10.0 Å². The van der Waals surface area contributed by atoms with Crippen molar-refractivity contribution in [2.75, 3.05) is 31.5 Å². The normalized spacial score (nSPS) is 12.5. The second-order valence-electron chi connectivity index (χ2n) is 7.28. The summed E-state index contributed by atoms with van der Waals surface area (Å²) in [7, 11) is 0.228. The minimum absolute atomic E-state index is 0.0684. The van der Waals surface area contributed by atoms with Gasteiger partial charge in [0.2, 0.25) is 0 Å². The van der Waals surface area contributed by atoms with Gasteiger partial charge < -0.3 is 10.2 Å². The van der Waals surface area contributed by atoms with E-state index in [4.69, 9.17) is 0 Å². The van der Waals surface area contributed by atoms with Gasteiger partial charge in [0.25, 0.3) is 15.9 Å². The molecule has 0 aliphatic heterocycles. The maximum absolute atomic E-state index is 13.1. The van der Waals surface area contributed by atoms with E-state index in [1.807, 2.05) is 31.6 Å². The molecular formula is C23H27N3O3S2. The van der Waals surface area contributed by atoms with Crippen molar-refractivity contribution in [1.82, 2.24) is 10.2 Å². The standard InChI is InChI=1S/C23H27N3O3S2/c1-4-26(20-8-6-5-7-9-20)31(28,29)21-12-10-18(11-13-21)23(27)24-16-22(25(2)3)19-14-15-30-17-19/h5-15,17,22H,4,16H2,1-3H3,(H,24,27). The molecular weight excluding hydrogens is 430 g/mol. The molecule has 164 valence electrons. The van der Waals surface area contributed by atoms with Gasteiger partial charge in [0.05, 0.1) is 16.6 Å². The molecule has 6 nitrogen and oxygen atoms in total. The molecule has 0 aliphatic rings. The largest absolute Gasteiger partial charge is 0.350 e. The lowest BCUT2D eigenvalue weighted by Crippen LogP contribution is -2.34. The highest BCUT2D eigenvalue weighted by Crippen LogP contribution is 2.24. The van der Waals surface area contributed by atoms with Gasteiger partial charge in [0, 0.05) is 18.7 Å². The van der Waals surface area contributed by atoms with Crippen LogP contribution < -0.4 is 9.62 Å². The lowest BCUT2D eigenvalue weighted by atomic mass is 10.1. The van der Waals surface area contributed by atoms with E-state index in [0.717, 1.165) is 5.56 Å². The SMILES string of the molecule is CCN(c1ccccc1)S(=O)(=O)c1ccc(C(=O)NCC(c2ccsc2)N(C)C)cc1. The number of nitrogens with zero attached hydrogens (tertiary/aromatic N) is 2. The second kappa shape index (κ2) is 10.1. The van der Waals surface area contributed by atoms with Gasteiger partial charge in [-0.2, -0.15) is 11.3 Å². The summed E-state index contributed by atoms with van der Waals surface area (Å²) >= 11 is 1.62. The summed E-state index contributed by atoms with van der Waals surface area (Å²) in [6, 6.07) is 17.2. The van der Waals surface area contributed by atoms with E-state index in [0.29, 0.717) is 24.3 Å². The number of anilines is 1. The van der Waals surface area contributed by atoms with Gasteiger partial charge in [-0.15, -0.1) is 0 Å². The molecule has 3 aromatic rings. The third-order valence-electron chi connectivity index (χ3n) is 5.04. The number of carbonyl (C=O) groups is 1. The molecule has 1 heterocycles. The molecule has 0 saturated heterocycles. The van der Waals surface area contributed by atoms with E-state index >= 15 is 0 Å². The molecule has 1 amide bonds. The van der Waals surface area contributed by atoms with Gasteiger partial charge in [-0.25, -0.2) is 8.42 Å². The van der Waals surface area contributed by atoms with E-state index in [9.17, 15) is 13.2 Å². The number of benzene rings is 2. The molecule has 1 aromatic heterocycles. The van der Waals surface area contributed by atoms with Gasteiger partial charge in [-0.3, -0.25) is 9.10 Å². The maximum Gasteiger partial charge on any atom is 0.264 e. The first-order valence-electron chi connectivity index (χ1n) is 9.99. The van der Waals surface area contributed by atoms with Crippen molar-refractivity contribution in [3.8, 4) is 0 Å². The molecule has 0 fully saturated rings. The first-order valence-corrected chi connectivity index (χ1v) is 12.4. The maximum atomic E-state index is 13.1. The van der Waals surface area contributed by atoms with Gasteiger partial charge in [0.1, 0.15) is 0 Å². The summed E-state index contributed by atoms with van der Waals surface area (Å²) in [5, 5.41) is 7.04. The molecule has 1 atom stereocenters. The highest BCUT2D eigenvalue weighted by atomic mass is 32.2. The number of rotatable bonds is 9. The fraction of sp³-hybridized carbons (Fsp3) is 0.261. The summed E-state index contributed by atoms with van der Waals surface area (Å²) in [5.41, 5.74) is 2.18. The van der Waals surface area contributed by atoms with Crippen LogP contribution >= 0.6 is 11.3 Å². The van der Waals surface area contributed by atoms with Crippen molar-refractivity contribution < 1.29 is 13.2 Å². The number of hydrogen-bond acceptors (Lipinski definition) is 5. The minimum atomic E-state index is -3.72. The van der Waals surface area contributed by atoms with Gasteiger partial charge >= 0.3 is 0 Å². The van der Waals surface area contributed by atoms with Gasteiger partial charge in [0.15, 0.2) is 0 Å². The van der Waals surface area contributed by atoms with Crippen molar-refractivity contribution in [2.24, 2.45) is 0 Å². The zero-order valence-corrected chi connectivity index (χ0v) is 19.5. The van der Waals surface area contributed by atoms with Crippen LogP contribution in [0.25, 0.3) is 0 Å². The highest BCUT2D eigenvalue weighted by molar-refractivity contribution is 7.92. The molecule has 2 aromatic carbocycles. The number of para-hydroxylation sites is 1. The number of likely N-dealkylation sites (N-methyl/N-ethyl adjacent to an activating group) is 1. The van der Waals surface area contributed by atoms with Crippen molar-refractivity contribution in [2.45, 2.75) is 17.9 Å². The van der Waals surface area contributed by atoms with Crippen LogP contribution in [0.3, 0.4) is 0 Å². The Balaban J connectivity index is 1.72. The van der Waals surface area contributed by atoms with E-state index in [-0.39, 0.29) is 16.8 Å². The van der Waals surface area contributed by atoms with Gasteiger partial charge in [-0.05, 0) is 79.8 Å². The molecule has 1 N–H and O–H groups in total. The average molecular weight is 458 g/mol. The van der Waals surface area contributed by atoms with Crippen LogP contribution in [0.1, 0.15) is 28.9 Å². The van der Waals surface area contributed by atoms with Crippen LogP contribution in [-0.4, -0.2) is 46.4 Å². The third-order valence-corrected chi connectivity index (χ3v) is 7.66. The molecule has 31 heavy (non-hydrogen) atoms. The number of hydrogen-bond donors (Lipinski definition) is 1. The quantitative estimate of drug-likeness (QED) is 0.527. The molecule has 0 saturated carbocycles. The topological polar surface area (TPSA) is 69.7 Å². The Labute approximate surface area is 188 Å². The van der Waals surface area contributed by atoms with Crippen LogP contribution in [0.5, 0.6) is 0 Å². The Bertz CT molecular complexity index is 1080. The Morgan fingerprint density at radius 1 is 1.03 bits per heavy atom. The number of carbonyl (C=O) groups excluding carboxylic acids is 1. The monoisotopic (exact) mass is 457 g/mol. The summed E-state index contributed by atoms with van der Waals surface area (Å²) < 4.78 is 27.5. The summed E-state index contributed by atoms with van der Waals surface area (Å²) in [6.45, 7) is 2.56. The fourth-order valence-corrected chi connectivity index (χ4v) is 5.53. The number of amides is 1. The highest BCUT2D eigenvalue weighted by Gasteiger charge is 2.24. The number of thiophene rings is 1. The van der Waals surface area contributed by atoms with Crippen molar-refractivity contribution in [3.63, 3.8) is 0 Å². The Morgan fingerprint density at radius 2 is 1.71 bits per heavy atom. The number of sulfonamides is 1. The first-order chi connectivity index (χ1) is 14.8. The van der Waals surface area contributed by atoms with Crippen molar-refractivity contribution in [3.05, 3.63) is 82.6 Å². The average Bonchev–Trinajstić information content (AvgIpc) is 3.29. The lowest BCUT2D eigenvalue weighted by Gasteiger charge is -2.24. The van der Waals surface area contributed by atoms with Crippen LogP contribution in [0.15, 0.2) is 76.3 Å². The summed E-state index contributed by atoms with van der Waals surface area (Å²) in [6.07, 6.45) is 0. The Hall–Kier alpha value is -2.68. The second-order valence-corrected chi connectivity index (χ2v) is 9.92. The predicted molar refractivity (Wildman–Crippen MR) is 126 cm³/mol. The fourth-order valence-electron chi connectivity index (χ4n) is 3.35. The molecule has 0 radical (unpaired) electrons. The summed E-state index contributed by atoms with van der Waals surface area (Å²) in [4.78, 5) is 14.8. The van der Waals surface area contributed by atoms with Crippen LogP contribution in [0.2, 0.25) is 0 Å². The Morgan fingerprint density at radius 3 is 2.26 bits per heavy atom. The Kier molecular flexibility index (Phi) is 7.48. The first kappa shape index (κ1) is 23.0. The molecule has 1 unspecified atom stereocenters. The molecule has 0 spiro atoms. The van der Waals surface area contributed by atoms with E-state index < -0.39 is 10.0 Å². The zero-order valence-electron chi connectivity index (χ0n) is 17.9. The van der Waals surface area contributed by atoms with E-state index in [2.05, 4.69) is 15.6 Å². The molecule has 0 aliphatic carbocycles. The molecule has 3 rings (SSSR count). The molecule has 0 bridgehead atoms.